The third-order valence-corrected chi connectivity index (χ3v) is 4.78. The number of aryl methyl sites for hydroxylation is 1. The number of halogens is 1. The SMILES string of the molecule is Cn1cc(-c2csc(NC(=O)c3cc(-n4cccn4)ccc3Cl)n2)cn1. The topological polar surface area (TPSA) is 77.6 Å². The molecule has 130 valence electrons. The van der Waals surface area contributed by atoms with E-state index >= 15 is 0 Å². The van der Waals surface area contributed by atoms with Gasteiger partial charge in [0.25, 0.3) is 5.91 Å². The minimum Gasteiger partial charge on any atom is -0.298 e. The van der Waals surface area contributed by atoms with Crippen LogP contribution in [-0.4, -0.2) is 30.5 Å². The molecule has 0 aliphatic heterocycles. The number of carbonyl (C=O) groups is 1. The van der Waals surface area contributed by atoms with Crippen molar-refractivity contribution in [3.63, 3.8) is 0 Å². The van der Waals surface area contributed by atoms with Gasteiger partial charge in [-0.15, -0.1) is 11.3 Å². The Kier molecular flexibility index (Phi) is 4.27. The molecule has 0 saturated heterocycles. The smallest absolute Gasteiger partial charge is 0.259 e. The third kappa shape index (κ3) is 3.24. The van der Waals surface area contributed by atoms with Gasteiger partial charge in [-0.05, 0) is 24.3 Å². The van der Waals surface area contributed by atoms with E-state index in [1.807, 2.05) is 24.7 Å². The number of thiazole rings is 1. The highest BCUT2D eigenvalue weighted by atomic mass is 35.5. The molecule has 1 aromatic carbocycles. The van der Waals surface area contributed by atoms with Gasteiger partial charge in [-0.2, -0.15) is 10.2 Å². The highest BCUT2D eigenvalue weighted by Gasteiger charge is 2.15. The van der Waals surface area contributed by atoms with E-state index in [4.69, 9.17) is 11.6 Å². The molecule has 0 aliphatic rings. The highest BCUT2D eigenvalue weighted by molar-refractivity contribution is 7.14. The normalized spacial score (nSPS) is 10.8. The molecule has 0 atom stereocenters. The lowest BCUT2D eigenvalue weighted by molar-refractivity contribution is 0.102. The quantitative estimate of drug-likeness (QED) is 0.582. The monoisotopic (exact) mass is 384 g/mol. The number of nitrogens with zero attached hydrogens (tertiary/aromatic N) is 5. The summed E-state index contributed by atoms with van der Waals surface area (Å²) in [6.07, 6.45) is 7.06. The molecule has 3 heterocycles. The van der Waals surface area contributed by atoms with E-state index in [9.17, 15) is 4.79 Å². The molecule has 0 spiro atoms. The Labute approximate surface area is 157 Å². The minimum atomic E-state index is -0.323. The van der Waals surface area contributed by atoms with Crippen molar-refractivity contribution in [2.75, 3.05) is 5.32 Å². The number of amides is 1. The Morgan fingerprint density at radius 1 is 1.31 bits per heavy atom. The lowest BCUT2D eigenvalue weighted by atomic mass is 10.2. The predicted octanol–water partition coefficient (Wildman–Crippen LogP) is 3.64. The summed E-state index contributed by atoms with van der Waals surface area (Å²) in [5.74, 6) is -0.323. The van der Waals surface area contributed by atoms with Gasteiger partial charge in [-0.3, -0.25) is 14.8 Å². The van der Waals surface area contributed by atoms with Crippen LogP contribution in [-0.2, 0) is 7.05 Å². The fraction of sp³-hybridized carbons (Fsp3) is 0.0588. The van der Waals surface area contributed by atoms with Crippen molar-refractivity contribution in [1.82, 2.24) is 24.5 Å². The van der Waals surface area contributed by atoms with Crippen LogP contribution in [0, 0.1) is 0 Å². The largest absolute Gasteiger partial charge is 0.298 e. The number of rotatable bonds is 4. The van der Waals surface area contributed by atoms with Crippen molar-refractivity contribution >= 4 is 34.0 Å². The fourth-order valence-electron chi connectivity index (χ4n) is 2.43. The minimum absolute atomic E-state index is 0.323. The summed E-state index contributed by atoms with van der Waals surface area (Å²) in [7, 11) is 1.84. The summed E-state index contributed by atoms with van der Waals surface area (Å²) in [4.78, 5) is 17.1. The molecule has 4 rings (SSSR count). The lowest BCUT2D eigenvalue weighted by Gasteiger charge is -2.07. The first kappa shape index (κ1) is 16.5. The fourth-order valence-corrected chi connectivity index (χ4v) is 3.35. The standard InChI is InChI=1S/C17H13ClN6OS/c1-23-9-11(8-20-23)15-10-26-17(21-15)22-16(25)13-7-12(3-4-14(13)18)24-6-2-5-19-24/h2-10H,1H3,(H,21,22,25). The van der Waals surface area contributed by atoms with Crippen LogP contribution in [0.15, 0.2) is 54.4 Å². The van der Waals surface area contributed by atoms with E-state index < -0.39 is 0 Å². The molecule has 7 nitrogen and oxygen atoms in total. The first-order chi connectivity index (χ1) is 12.6. The second-order valence-electron chi connectivity index (χ2n) is 5.51. The Morgan fingerprint density at radius 2 is 2.19 bits per heavy atom. The molecule has 0 saturated carbocycles. The van der Waals surface area contributed by atoms with Crippen LogP contribution in [0.5, 0.6) is 0 Å². The zero-order chi connectivity index (χ0) is 18.1. The zero-order valence-electron chi connectivity index (χ0n) is 13.6. The van der Waals surface area contributed by atoms with E-state index in [1.165, 1.54) is 11.3 Å². The molecule has 26 heavy (non-hydrogen) atoms. The summed E-state index contributed by atoms with van der Waals surface area (Å²) in [6.45, 7) is 0. The van der Waals surface area contributed by atoms with E-state index in [0.29, 0.717) is 15.7 Å². The Bertz CT molecular complexity index is 1070. The van der Waals surface area contributed by atoms with Crippen LogP contribution in [0.3, 0.4) is 0 Å². The molecule has 0 radical (unpaired) electrons. The van der Waals surface area contributed by atoms with Crippen LogP contribution in [0.2, 0.25) is 5.02 Å². The molecule has 0 aliphatic carbocycles. The number of aromatic nitrogens is 5. The molecular formula is C17H13ClN6OS. The average Bonchev–Trinajstić information content (AvgIpc) is 3.36. The molecule has 0 fully saturated rings. The van der Waals surface area contributed by atoms with Crippen LogP contribution in [0.25, 0.3) is 16.9 Å². The molecule has 0 bridgehead atoms. The summed E-state index contributed by atoms with van der Waals surface area (Å²) in [5.41, 5.74) is 2.76. The Morgan fingerprint density at radius 3 is 2.92 bits per heavy atom. The number of nitrogens with one attached hydrogen (secondary N) is 1. The summed E-state index contributed by atoms with van der Waals surface area (Å²) >= 11 is 7.55. The van der Waals surface area contributed by atoms with Crippen LogP contribution >= 0.6 is 22.9 Å². The van der Waals surface area contributed by atoms with E-state index in [2.05, 4.69) is 20.5 Å². The molecular weight excluding hydrogens is 372 g/mol. The highest BCUT2D eigenvalue weighted by Crippen LogP contribution is 2.26. The molecule has 1 N–H and O–H groups in total. The lowest BCUT2D eigenvalue weighted by Crippen LogP contribution is -2.13. The first-order valence-electron chi connectivity index (χ1n) is 7.65. The molecule has 3 aromatic heterocycles. The van der Waals surface area contributed by atoms with Crippen LogP contribution < -0.4 is 5.32 Å². The Balaban J connectivity index is 1.57. The van der Waals surface area contributed by atoms with Crippen LogP contribution in [0.1, 0.15) is 10.4 Å². The molecule has 0 unspecified atom stereocenters. The van der Waals surface area contributed by atoms with E-state index in [1.54, 1.807) is 46.2 Å². The molecule has 4 aromatic rings. The van der Waals surface area contributed by atoms with Gasteiger partial charge in [-0.1, -0.05) is 11.6 Å². The van der Waals surface area contributed by atoms with Gasteiger partial charge in [0.15, 0.2) is 5.13 Å². The number of hydrogen-bond donors (Lipinski definition) is 1. The van der Waals surface area contributed by atoms with Crippen molar-refractivity contribution in [2.24, 2.45) is 7.05 Å². The second kappa shape index (κ2) is 6.74. The average molecular weight is 385 g/mol. The second-order valence-corrected chi connectivity index (χ2v) is 6.77. The maximum absolute atomic E-state index is 12.6. The Hall–Kier alpha value is -2.97. The van der Waals surface area contributed by atoms with Gasteiger partial charge >= 0.3 is 0 Å². The van der Waals surface area contributed by atoms with Crippen molar-refractivity contribution < 1.29 is 4.79 Å². The van der Waals surface area contributed by atoms with Crippen molar-refractivity contribution in [2.45, 2.75) is 0 Å². The molecule has 1 amide bonds. The maximum atomic E-state index is 12.6. The van der Waals surface area contributed by atoms with E-state index in [0.717, 1.165) is 16.9 Å². The maximum Gasteiger partial charge on any atom is 0.259 e. The third-order valence-electron chi connectivity index (χ3n) is 3.69. The first-order valence-corrected chi connectivity index (χ1v) is 8.91. The van der Waals surface area contributed by atoms with Gasteiger partial charge in [0.05, 0.1) is 28.2 Å². The summed E-state index contributed by atoms with van der Waals surface area (Å²) in [6, 6.07) is 6.98. The van der Waals surface area contributed by atoms with Crippen LogP contribution in [0.4, 0.5) is 5.13 Å². The van der Waals surface area contributed by atoms with Gasteiger partial charge in [0.1, 0.15) is 0 Å². The van der Waals surface area contributed by atoms with Gasteiger partial charge < -0.3 is 0 Å². The van der Waals surface area contributed by atoms with E-state index in [-0.39, 0.29) is 5.91 Å². The molecule has 9 heteroatoms. The van der Waals surface area contributed by atoms with Crippen molar-refractivity contribution in [3.05, 3.63) is 65.0 Å². The number of anilines is 1. The zero-order valence-corrected chi connectivity index (χ0v) is 15.2. The van der Waals surface area contributed by atoms with Gasteiger partial charge in [0.2, 0.25) is 0 Å². The summed E-state index contributed by atoms with van der Waals surface area (Å²) < 4.78 is 3.37. The summed E-state index contributed by atoms with van der Waals surface area (Å²) in [5, 5.41) is 13.8. The van der Waals surface area contributed by atoms with Crippen molar-refractivity contribution in [1.29, 1.82) is 0 Å². The van der Waals surface area contributed by atoms with Crippen molar-refractivity contribution in [3.8, 4) is 16.9 Å². The predicted molar refractivity (Wildman–Crippen MR) is 101 cm³/mol. The van der Waals surface area contributed by atoms with Gasteiger partial charge in [0, 0.05) is 36.6 Å². The number of benzene rings is 1. The number of hydrogen-bond acceptors (Lipinski definition) is 5. The number of carbonyl (C=O) groups excluding carboxylic acids is 1. The van der Waals surface area contributed by atoms with Gasteiger partial charge in [-0.25, -0.2) is 9.67 Å².